The minimum atomic E-state index is -0.200. The Kier molecular flexibility index (Phi) is 6.39. The van der Waals surface area contributed by atoms with E-state index >= 15 is 0 Å². The summed E-state index contributed by atoms with van der Waals surface area (Å²) in [6.07, 6.45) is 0. The van der Waals surface area contributed by atoms with Crippen LogP contribution < -0.4 is 15.4 Å². The molecule has 0 bridgehead atoms. The molecule has 4 rings (SSSR count). The number of carbonyl (C=O) groups is 1. The van der Waals surface area contributed by atoms with E-state index < -0.39 is 0 Å². The molecule has 0 spiro atoms. The highest BCUT2D eigenvalue weighted by atomic mass is 35.5. The summed E-state index contributed by atoms with van der Waals surface area (Å²) in [4.78, 5) is 12.4. The minimum absolute atomic E-state index is 0.0693. The second-order valence-corrected chi connectivity index (χ2v) is 7.76. The summed E-state index contributed by atoms with van der Waals surface area (Å²) in [6.45, 7) is 2.49. The van der Waals surface area contributed by atoms with Crippen LogP contribution in [-0.4, -0.2) is 12.5 Å². The van der Waals surface area contributed by atoms with Crippen LogP contribution in [0.2, 0.25) is 5.02 Å². The van der Waals surface area contributed by atoms with Gasteiger partial charge >= 0.3 is 0 Å². The molecule has 0 unspecified atom stereocenters. The normalized spacial score (nSPS) is 10.6. The van der Waals surface area contributed by atoms with Crippen molar-refractivity contribution in [1.29, 1.82) is 0 Å². The molecule has 5 heteroatoms. The first kappa shape index (κ1) is 20.8. The molecule has 0 saturated carbocycles. The summed E-state index contributed by atoms with van der Waals surface area (Å²) < 4.78 is 5.94. The van der Waals surface area contributed by atoms with Gasteiger partial charge in [-0.15, -0.1) is 0 Å². The first-order valence-electron chi connectivity index (χ1n) is 10.1. The zero-order chi connectivity index (χ0) is 21.6. The van der Waals surface area contributed by atoms with Gasteiger partial charge in [-0.3, -0.25) is 4.79 Å². The van der Waals surface area contributed by atoms with Crippen molar-refractivity contribution in [3.63, 3.8) is 0 Å². The van der Waals surface area contributed by atoms with E-state index in [4.69, 9.17) is 16.3 Å². The van der Waals surface area contributed by atoms with Gasteiger partial charge in [-0.25, -0.2) is 0 Å². The second-order valence-electron chi connectivity index (χ2n) is 7.33. The third-order valence-electron chi connectivity index (χ3n) is 5.01. The highest BCUT2D eigenvalue weighted by Crippen LogP contribution is 2.29. The molecule has 0 atom stereocenters. The average Bonchev–Trinajstić information content (AvgIpc) is 2.79. The molecule has 0 radical (unpaired) electrons. The highest BCUT2D eigenvalue weighted by molar-refractivity contribution is 6.30. The number of hydrogen-bond donors (Lipinski definition) is 2. The maximum atomic E-state index is 12.4. The summed E-state index contributed by atoms with van der Waals surface area (Å²) >= 11 is 5.98. The Bertz CT molecular complexity index is 1190. The minimum Gasteiger partial charge on any atom is -0.483 e. The van der Waals surface area contributed by atoms with E-state index in [2.05, 4.69) is 22.8 Å². The number of benzene rings is 4. The predicted octanol–water partition coefficient (Wildman–Crippen LogP) is 6.43. The highest BCUT2D eigenvalue weighted by Gasteiger charge is 2.11. The van der Waals surface area contributed by atoms with Crippen molar-refractivity contribution in [2.24, 2.45) is 0 Å². The van der Waals surface area contributed by atoms with Crippen LogP contribution in [0.25, 0.3) is 10.8 Å². The van der Waals surface area contributed by atoms with Crippen molar-refractivity contribution in [1.82, 2.24) is 0 Å². The molecule has 4 nitrogen and oxygen atoms in total. The van der Waals surface area contributed by atoms with Gasteiger partial charge in [-0.1, -0.05) is 59.6 Å². The largest absolute Gasteiger partial charge is 0.483 e. The van der Waals surface area contributed by atoms with Gasteiger partial charge in [0.25, 0.3) is 5.91 Å². The van der Waals surface area contributed by atoms with E-state index in [1.54, 1.807) is 0 Å². The summed E-state index contributed by atoms with van der Waals surface area (Å²) in [5, 5.41) is 9.18. The van der Waals surface area contributed by atoms with Gasteiger partial charge in [0.1, 0.15) is 5.75 Å². The molecule has 0 aliphatic heterocycles. The third kappa shape index (κ3) is 5.36. The molecule has 0 heterocycles. The Morgan fingerprint density at radius 1 is 0.871 bits per heavy atom. The topological polar surface area (TPSA) is 50.4 Å². The average molecular weight is 431 g/mol. The van der Waals surface area contributed by atoms with Gasteiger partial charge in [0.2, 0.25) is 0 Å². The third-order valence-corrected chi connectivity index (χ3v) is 5.26. The molecule has 4 aromatic rings. The zero-order valence-corrected chi connectivity index (χ0v) is 17.9. The van der Waals surface area contributed by atoms with Crippen LogP contribution in [0, 0.1) is 6.92 Å². The number of rotatable bonds is 7. The number of fused-ring (bicyclic) bond motifs is 1. The first-order valence-corrected chi connectivity index (χ1v) is 10.5. The van der Waals surface area contributed by atoms with E-state index in [0.29, 0.717) is 17.3 Å². The van der Waals surface area contributed by atoms with Gasteiger partial charge < -0.3 is 15.4 Å². The number of ether oxygens (including phenoxy) is 1. The van der Waals surface area contributed by atoms with Crippen molar-refractivity contribution in [2.75, 3.05) is 17.2 Å². The molecule has 0 aliphatic carbocycles. The van der Waals surface area contributed by atoms with Gasteiger partial charge in [0.15, 0.2) is 6.61 Å². The number of carbonyl (C=O) groups excluding carboxylic acids is 1. The fourth-order valence-electron chi connectivity index (χ4n) is 3.37. The monoisotopic (exact) mass is 430 g/mol. The molecule has 31 heavy (non-hydrogen) atoms. The van der Waals surface area contributed by atoms with Crippen LogP contribution >= 0.6 is 11.6 Å². The lowest BCUT2D eigenvalue weighted by Gasteiger charge is -2.16. The van der Waals surface area contributed by atoms with E-state index in [-0.39, 0.29) is 12.5 Å². The van der Waals surface area contributed by atoms with Crippen LogP contribution in [0.1, 0.15) is 11.1 Å². The predicted molar refractivity (Wildman–Crippen MR) is 128 cm³/mol. The number of hydrogen-bond acceptors (Lipinski definition) is 3. The summed E-state index contributed by atoms with van der Waals surface area (Å²) in [7, 11) is 0. The van der Waals surface area contributed by atoms with Crippen molar-refractivity contribution in [3.05, 3.63) is 101 Å². The summed E-state index contributed by atoms with van der Waals surface area (Å²) in [6, 6.07) is 27.3. The number of anilines is 2. The van der Waals surface area contributed by atoms with Crippen molar-refractivity contribution in [2.45, 2.75) is 13.5 Å². The molecule has 0 aromatic heterocycles. The van der Waals surface area contributed by atoms with E-state index in [1.807, 2.05) is 79.7 Å². The van der Waals surface area contributed by atoms with E-state index in [0.717, 1.165) is 33.3 Å². The molecule has 0 saturated heterocycles. The lowest BCUT2D eigenvalue weighted by Crippen LogP contribution is -2.20. The molecular formula is C26H23ClN2O2. The van der Waals surface area contributed by atoms with Crippen LogP contribution in [0.15, 0.2) is 84.9 Å². The number of amides is 1. The second kappa shape index (κ2) is 9.54. The SMILES string of the molecule is Cc1ccc(NC(=O)COc2ccc3ccccc3c2CNc2ccc(Cl)cc2)cc1. The summed E-state index contributed by atoms with van der Waals surface area (Å²) in [5.41, 5.74) is 3.85. The molecule has 4 aromatic carbocycles. The molecule has 2 N–H and O–H groups in total. The van der Waals surface area contributed by atoms with E-state index in [1.165, 1.54) is 0 Å². The Hall–Kier alpha value is -3.50. The fraction of sp³-hybridized carbons (Fsp3) is 0.115. The molecular weight excluding hydrogens is 408 g/mol. The van der Waals surface area contributed by atoms with Crippen LogP contribution in [-0.2, 0) is 11.3 Å². The Labute approximate surface area is 186 Å². The fourth-order valence-corrected chi connectivity index (χ4v) is 3.49. The number of nitrogens with one attached hydrogen (secondary N) is 2. The van der Waals surface area contributed by atoms with Crippen LogP contribution in [0.5, 0.6) is 5.75 Å². The van der Waals surface area contributed by atoms with Gasteiger partial charge in [-0.2, -0.15) is 0 Å². The standard InChI is InChI=1S/C26H23ClN2O2/c1-18-6-11-22(12-7-18)29-26(30)17-31-25-15-8-19-4-2-3-5-23(19)24(25)16-28-21-13-9-20(27)10-14-21/h2-15,28H,16-17H2,1H3,(H,29,30). The van der Waals surface area contributed by atoms with Crippen LogP contribution in [0.4, 0.5) is 11.4 Å². The molecule has 1 amide bonds. The van der Waals surface area contributed by atoms with E-state index in [9.17, 15) is 4.79 Å². The maximum Gasteiger partial charge on any atom is 0.262 e. The van der Waals surface area contributed by atoms with Crippen molar-refractivity contribution >= 4 is 39.7 Å². The molecule has 0 aliphatic rings. The van der Waals surface area contributed by atoms with Crippen molar-refractivity contribution < 1.29 is 9.53 Å². The van der Waals surface area contributed by atoms with Gasteiger partial charge in [-0.05, 0) is 60.2 Å². The molecule has 0 fully saturated rings. The maximum absolute atomic E-state index is 12.4. The summed E-state index contributed by atoms with van der Waals surface area (Å²) in [5.74, 6) is 0.479. The number of halogens is 1. The quantitative estimate of drug-likeness (QED) is 0.355. The zero-order valence-electron chi connectivity index (χ0n) is 17.2. The lowest BCUT2D eigenvalue weighted by atomic mass is 10.0. The van der Waals surface area contributed by atoms with Gasteiger partial charge in [0, 0.05) is 28.5 Å². The van der Waals surface area contributed by atoms with Crippen LogP contribution in [0.3, 0.4) is 0 Å². The lowest BCUT2D eigenvalue weighted by molar-refractivity contribution is -0.118. The van der Waals surface area contributed by atoms with Gasteiger partial charge in [0.05, 0.1) is 0 Å². The molecule has 156 valence electrons. The van der Waals surface area contributed by atoms with Crippen molar-refractivity contribution in [3.8, 4) is 5.75 Å². The Balaban J connectivity index is 1.50. The smallest absolute Gasteiger partial charge is 0.262 e. The number of aryl methyl sites for hydroxylation is 1. The Morgan fingerprint density at radius 2 is 1.58 bits per heavy atom. The Morgan fingerprint density at radius 3 is 2.35 bits per heavy atom. The first-order chi connectivity index (χ1) is 15.1.